The topological polar surface area (TPSA) is 0 Å². The Labute approximate surface area is 89.1 Å². The first kappa shape index (κ1) is 11.6. The summed E-state index contributed by atoms with van der Waals surface area (Å²) in [6.07, 6.45) is 16.6. The third kappa shape index (κ3) is 3.69. The van der Waals surface area contributed by atoms with Gasteiger partial charge in [0.15, 0.2) is 0 Å². The van der Waals surface area contributed by atoms with Crippen LogP contribution in [0.15, 0.2) is 23.8 Å². The van der Waals surface area contributed by atoms with Gasteiger partial charge in [-0.15, -0.1) is 0 Å². The van der Waals surface area contributed by atoms with Crippen molar-refractivity contribution in [2.75, 3.05) is 0 Å². The van der Waals surface area contributed by atoms with E-state index in [1.54, 1.807) is 5.57 Å². The van der Waals surface area contributed by atoms with Crippen molar-refractivity contribution < 1.29 is 0 Å². The second-order valence-corrected chi connectivity index (χ2v) is 4.33. The maximum atomic E-state index is 2.45. The van der Waals surface area contributed by atoms with Crippen molar-refractivity contribution in [2.24, 2.45) is 5.92 Å². The molecule has 0 unspecified atom stereocenters. The van der Waals surface area contributed by atoms with Gasteiger partial charge in [-0.3, -0.25) is 0 Å². The molecular weight excluding hydrogens is 168 g/mol. The molecule has 0 heteroatoms. The van der Waals surface area contributed by atoms with Crippen LogP contribution < -0.4 is 0 Å². The lowest BCUT2D eigenvalue weighted by Crippen LogP contribution is -2.07. The molecule has 0 aliphatic heterocycles. The van der Waals surface area contributed by atoms with Crippen LogP contribution in [0.1, 0.15) is 58.8 Å². The summed E-state index contributed by atoms with van der Waals surface area (Å²) in [5.74, 6) is 0.867. The first-order valence-corrected chi connectivity index (χ1v) is 6.21. The first-order chi connectivity index (χ1) is 6.88. The van der Waals surface area contributed by atoms with Crippen LogP contribution in [0.3, 0.4) is 0 Å². The summed E-state index contributed by atoms with van der Waals surface area (Å²) in [4.78, 5) is 0. The molecule has 0 aromatic carbocycles. The summed E-state index contributed by atoms with van der Waals surface area (Å²) in [6.45, 7) is 4.38. The van der Waals surface area contributed by atoms with E-state index in [9.17, 15) is 0 Å². The van der Waals surface area contributed by atoms with Gasteiger partial charge in [-0.2, -0.15) is 0 Å². The van der Waals surface area contributed by atoms with E-state index >= 15 is 0 Å². The van der Waals surface area contributed by atoms with Crippen LogP contribution in [0, 0.1) is 5.92 Å². The summed E-state index contributed by atoms with van der Waals surface area (Å²) in [5, 5.41) is 0. The van der Waals surface area contributed by atoms with Crippen molar-refractivity contribution in [3.63, 3.8) is 0 Å². The molecule has 1 aliphatic carbocycles. The Bertz CT molecular complexity index is 192. The Morgan fingerprint density at radius 1 is 1.21 bits per heavy atom. The molecule has 1 fully saturated rings. The number of unbranched alkanes of at least 4 members (excludes halogenated alkanes) is 1. The summed E-state index contributed by atoms with van der Waals surface area (Å²) in [6, 6.07) is 0. The van der Waals surface area contributed by atoms with Gasteiger partial charge in [0.05, 0.1) is 0 Å². The molecule has 1 saturated carbocycles. The molecule has 0 atom stereocenters. The SMILES string of the molecule is C/C=C\C(=C/CCC)C1CCCCC1. The normalized spacial score (nSPS) is 20.6. The smallest absolute Gasteiger partial charge is 0.0165 e. The van der Waals surface area contributed by atoms with E-state index in [0.29, 0.717) is 0 Å². The summed E-state index contributed by atoms with van der Waals surface area (Å²) >= 11 is 0. The Morgan fingerprint density at radius 3 is 2.50 bits per heavy atom. The van der Waals surface area contributed by atoms with Crippen LogP contribution in [-0.4, -0.2) is 0 Å². The van der Waals surface area contributed by atoms with Gasteiger partial charge in [0.1, 0.15) is 0 Å². The monoisotopic (exact) mass is 192 g/mol. The lowest BCUT2D eigenvalue weighted by Gasteiger charge is -2.22. The molecule has 0 N–H and O–H groups in total. The Morgan fingerprint density at radius 2 is 1.93 bits per heavy atom. The molecule has 0 aromatic rings. The molecule has 0 amide bonds. The van der Waals surface area contributed by atoms with Gasteiger partial charge in [-0.1, -0.05) is 50.8 Å². The van der Waals surface area contributed by atoms with Crippen molar-refractivity contribution in [2.45, 2.75) is 58.8 Å². The van der Waals surface area contributed by atoms with Gasteiger partial charge in [0.2, 0.25) is 0 Å². The molecule has 0 nitrogen and oxygen atoms in total. The Kier molecular flexibility index (Phi) is 5.66. The van der Waals surface area contributed by atoms with Gasteiger partial charge < -0.3 is 0 Å². The van der Waals surface area contributed by atoms with Gasteiger partial charge in [0.25, 0.3) is 0 Å². The van der Waals surface area contributed by atoms with Crippen molar-refractivity contribution in [1.82, 2.24) is 0 Å². The van der Waals surface area contributed by atoms with Crippen molar-refractivity contribution in [3.8, 4) is 0 Å². The molecular formula is C14H24. The molecule has 1 rings (SSSR count). The van der Waals surface area contributed by atoms with E-state index < -0.39 is 0 Å². The molecule has 0 bridgehead atoms. The minimum Gasteiger partial charge on any atom is -0.0874 e. The molecule has 80 valence electrons. The number of hydrogen-bond acceptors (Lipinski definition) is 0. The second-order valence-electron chi connectivity index (χ2n) is 4.33. The van der Waals surface area contributed by atoms with Crippen LogP contribution in [0.5, 0.6) is 0 Å². The number of rotatable bonds is 4. The molecule has 1 aliphatic rings. The highest BCUT2D eigenvalue weighted by molar-refractivity contribution is 5.21. The zero-order valence-corrected chi connectivity index (χ0v) is 9.76. The Hall–Kier alpha value is -0.520. The van der Waals surface area contributed by atoms with E-state index in [1.807, 2.05) is 0 Å². The lowest BCUT2D eigenvalue weighted by atomic mass is 9.83. The zero-order chi connectivity index (χ0) is 10.2. The maximum absolute atomic E-state index is 2.45. The molecule has 0 radical (unpaired) electrons. The predicted molar refractivity (Wildman–Crippen MR) is 64.4 cm³/mol. The number of hydrogen-bond donors (Lipinski definition) is 0. The fourth-order valence-corrected chi connectivity index (χ4v) is 2.31. The molecule has 14 heavy (non-hydrogen) atoms. The third-order valence-corrected chi connectivity index (χ3v) is 3.10. The number of allylic oxidation sites excluding steroid dienone is 4. The average Bonchev–Trinajstić information content (AvgIpc) is 2.25. The Balaban J connectivity index is 2.55. The fourth-order valence-electron chi connectivity index (χ4n) is 2.31. The zero-order valence-electron chi connectivity index (χ0n) is 9.76. The van der Waals surface area contributed by atoms with E-state index in [1.165, 1.54) is 44.9 Å². The highest BCUT2D eigenvalue weighted by atomic mass is 14.2. The highest BCUT2D eigenvalue weighted by Gasteiger charge is 2.15. The molecule has 0 saturated heterocycles. The van der Waals surface area contributed by atoms with Crippen LogP contribution >= 0.6 is 0 Å². The van der Waals surface area contributed by atoms with Crippen LogP contribution in [0.2, 0.25) is 0 Å². The largest absolute Gasteiger partial charge is 0.0874 e. The van der Waals surface area contributed by atoms with Gasteiger partial charge >= 0.3 is 0 Å². The summed E-state index contributed by atoms with van der Waals surface area (Å²) in [5.41, 5.74) is 1.61. The second kappa shape index (κ2) is 6.86. The van der Waals surface area contributed by atoms with Crippen LogP contribution in [0.25, 0.3) is 0 Å². The predicted octanol–water partition coefficient (Wildman–Crippen LogP) is 4.87. The third-order valence-electron chi connectivity index (χ3n) is 3.10. The van der Waals surface area contributed by atoms with E-state index in [2.05, 4.69) is 32.1 Å². The van der Waals surface area contributed by atoms with Gasteiger partial charge in [-0.05, 0) is 37.7 Å². The van der Waals surface area contributed by atoms with E-state index in [-0.39, 0.29) is 0 Å². The van der Waals surface area contributed by atoms with Gasteiger partial charge in [0, 0.05) is 0 Å². The maximum Gasteiger partial charge on any atom is -0.0165 e. The molecule has 0 spiro atoms. The van der Waals surface area contributed by atoms with Crippen molar-refractivity contribution in [1.29, 1.82) is 0 Å². The van der Waals surface area contributed by atoms with E-state index in [0.717, 1.165) is 5.92 Å². The standard InChI is InChI=1S/C14H24/c1-3-5-10-13(9-4-2)14-11-7-6-8-12-14/h4,9-10,14H,3,5-8,11-12H2,1-2H3/b9-4-,13-10+. The lowest BCUT2D eigenvalue weighted by molar-refractivity contribution is 0.407. The summed E-state index contributed by atoms with van der Waals surface area (Å²) in [7, 11) is 0. The molecule has 0 aromatic heterocycles. The van der Waals surface area contributed by atoms with E-state index in [4.69, 9.17) is 0 Å². The quantitative estimate of drug-likeness (QED) is 0.557. The molecule has 0 heterocycles. The van der Waals surface area contributed by atoms with Gasteiger partial charge in [-0.25, -0.2) is 0 Å². The minimum absolute atomic E-state index is 0.867. The first-order valence-electron chi connectivity index (χ1n) is 6.21. The highest BCUT2D eigenvalue weighted by Crippen LogP contribution is 2.30. The van der Waals surface area contributed by atoms with Crippen LogP contribution in [0.4, 0.5) is 0 Å². The van der Waals surface area contributed by atoms with Crippen molar-refractivity contribution >= 4 is 0 Å². The summed E-state index contributed by atoms with van der Waals surface area (Å²) < 4.78 is 0. The fraction of sp³-hybridized carbons (Fsp3) is 0.714. The average molecular weight is 192 g/mol. The van der Waals surface area contributed by atoms with Crippen molar-refractivity contribution in [3.05, 3.63) is 23.8 Å². The minimum atomic E-state index is 0.867. The van der Waals surface area contributed by atoms with Crippen LogP contribution in [-0.2, 0) is 0 Å².